The molecule has 118 valence electrons. The van der Waals surface area contributed by atoms with Crippen LogP contribution in [0.25, 0.3) is 11.1 Å². The van der Waals surface area contributed by atoms with Gasteiger partial charge in [-0.1, -0.05) is 62.4 Å². The van der Waals surface area contributed by atoms with E-state index in [-0.39, 0.29) is 0 Å². The summed E-state index contributed by atoms with van der Waals surface area (Å²) in [5, 5.41) is 0. The topological polar surface area (TPSA) is 3.24 Å². The fourth-order valence-corrected chi connectivity index (χ4v) is 4.73. The highest BCUT2D eigenvalue weighted by Gasteiger charge is 2.34. The molecular formula is C23H21N. The average Bonchev–Trinajstić information content (AvgIpc) is 2.92. The SMILES string of the molecule is CC1c2ccccc2-c2c1ccc1c2C(C)c2ccccc2N1C. The maximum atomic E-state index is 2.36. The Bertz CT molecular complexity index is 970. The van der Waals surface area contributed by atoms with Crippen LogP contribution < -0.4 is 4.90 Å². The van der Waals surface area contributed by atoms with Gasteiger partial charge in [0.05, 0.1) is 0 Å². The molecule has 0 fully saturated rings. The van der Waals surface area contributed by atoms with Crippen molar-refractivity contribution in [1.82, 2.24) is 0 Å². The van der Waals surface area contributed by atoms with Crippen LogP contribution in [0.3, 0.4) is 0 Å². The molecule has 0 bridgehead atoms. The molecule has 3 aromatic carbocycles. The summed E-state index contributed by atoms with van der Waals surface area (Å²) in [6.45, 7) is 4.69. The second-order valence-corrected chi connectivity index (χ2v) is 7.11. The molecule has 1 heteroatoms. The molecule has 5 rings (SSSR count). The first-order valence-corrected chi connectivity index (χ1v) is 8.77. The van der Waals surface area contributed by atoms with Crippen molar-refractivity contribution in [2.45, 2.75) is 25.7 Å². The molecule has 0 amide bonds. The molecule has 1 nitrogen and oxygen atoms in total. The molecule has 1 aliphatic carbocycles. The summed E-state index contributed by atoms with van der Waals surface area (Å²) >= 11 is 0. The molecule has 0 saturated heterocycles. The minimum absolute atomic E-state index is 0.417. The van der Waals surface area contributed by atoms with Gasteiger partial charge in [-0.15, -0.1) is 0 Å². The van der Waals surface area contributed by atoms with Crippen molar-refractivity contribution in [3.63, 3.8) is 0 Å². The van der Waals surface area contributed by atoms with Crippen LogP contribution in [0.15, 0.2) is 60.7 Å². The second kappa shape index (κ2) is 4.73. The van der Waals surface area contributed by atoms with E-state index in [4.69, 9.17) is 0 Å². The van der Waals surface area contributed by atoms with Gasteiger partial charge in [0, 0.05) is 30.3 Å². The molecule has 0 saturated carbocycles. The predicted octanol–water partition coefficient (Wildman–Crippen LogP) is 6.05. The lowest BCUT2D eigenvalue weighted by Crippen LogP contribution is -2.21. The average molecular weight is 311 g/mol. The lowest BCUT2D eigenvalue weighted by Gasteiger charge is -2.35. The maximum Gasteiger partial charge on any atom is 0.0453 e. The van der Waals surface area contributed by atoms with Crippen molar-refractivity contribution in [2.75, 3.05) is 11.9 Å². The van der Waals surface area contributed by atoms with Crippen molar-refractivity contribution >= 4 is 11.4 Å². The zero-order chi connectivity index (χ0) is 16.4. The number of hydrogen-bond acceptors (Lipinski definition) is 1. The number of rotatable bonds is 0. The van der Waals surface area contributed by atoms with Crippen molar-refractivity contribution in [1.29, 1.82) is 0 Å². The molecule has 2 unspecified atom stereocenters. The molecule has 0 aromatic heterocycles. The Balaban J connectivity index is 1.85. The summed E-state index contributed by atoms with van der Waals surface area (Å²) < 4.78 is 0. The molecule has 1 heterocycles. The van der Waals surface area contributed by atoms with Gasteiger partial charge in [0.1, 0.15) is 0 Å². The van der Waals surface area contributed by atoms with E-state index in [9.17, 15) is 0 Å². The summed E-state index contributed by atoms with van der Waals surface area (Å²) in [6, 6.07) is 22.4. The largest absolute Gasteiger partial charge is 0.344 e. The lowest BCUT2D eigenvalue weighted by molar-refractivity contribution is 0.878. The van der Waals surface area contributed by atoms with E-state index >= 15 is 0 Å². The lowest BCUT2D eigenvalue weighted by atomic mass is 9.81. The van der Waals surface area contributed by atoms with Crippen molar-refractivity contribution in [2.24, 2.45) is 0 Å². The number of anilines is 2. The number of para-hydroxylation sites is 1. The zero-order valence-corrected chi connectivity index (χ0v) is 14.4. The summed E-state index contributed by atoms with van der Waals surface area (Å²) in [5.74, 6) is 0.900. The molecular weight excluding hydrogens is 290 g/mol. The molecule has 0 N–H and O–H groups in total. The summed E-state index contributed by atoms with van der Waals surface area (Å²) in [4.78, 5) is 2.36. The van der Waals surface area contributed by atoms with Gasteiger partial charge in [-0.3, -0.25) is 0 Å². The zero-order valence-electron chi connectivity index (χ0n) is 14.4. The van der Waals surface area contributed by atoms with Crippen LogP contribution >= 0.6 is 0 Å². The fourth-order valence-electron chi connectivity index (χ4n) is 4.73. The Morgan fingerprint density at radius 1 is 0.667 bits per heavy atom. The van der Waals surface area contributed by atoms with Crippen LogP contribution in [0.1, 0.15) is 47.9 Å². The van der Waals surface area contributed by atoms with Gasteiger partial charge in [0.15, 0.2) is 0 Å². The summed E-state index contributed by atoms with van der Waals surface area (Å²) in [7, 11) is 2.19. The third-order valence-electron chi connectivity index (χ3n) is 5.98. The monoisotopic (exact) mass is 311 g/mol. The smallest absolute Gasteiger partial charge is 0.0453 e. The van der Waals surface area contributed by atoms with Crippen molar-refractivity contribution in [3.8, 4) is 11.1 Å². The van der Waals surface area contributed by atoms with Crippen LogP contribution in [0.5, 0.6) is 0 Å². The molecule has 3 aromatic rings. The van der Waals surface area contributed by atoms with Gasteiger partial charge in [-0.25, -0.2) is 0 Å². The minimum atomic E-state index is 0.417. The number of nitrogens with zero attached hydrogens (tertiary/aromatic N) is 1. The second-order valence-electron chi connectivity index (χ2n) is 7.11. The first kappa shape index (κ1) is 13.9. The Hall–Kier alpha value is -2.54. The predicted molar refractivity (Wildman–Crippen MR) is 101 cm³/mol. The molecule has 1 aliphatic heterocycles. The number of fused-ring (bicyclic) bond motifs is 6. The van der Waals surface area contributed by atoms with Gasteiger partial charge in [0.25, 0.3) is 0 Å². The molecule has 24 heavy (non-hydrogen) atoms. The Morgan fingerprint density at radius 2 is 1.38 bits per heavy atom. The maximum absolute atomic E-state index is 2.36. The van der Waals surface area contributed by atoms with E-state index in [0.29, 0.717) is 11.8 Å². The van der Waals surface area contributed by atoms with Crippen LogP contribution in [0.4, 0.5) is 11.4 Å². The number of hydrogen-bond donors (Lipinski definition) is 0. The van der Waals surface area contributed by atoms with Crippen molar-refractivity contribution < 1.29 is 0 Å². The van der Waals surface area contributed by atoms with E-state index in [1.165, 1.54) is 44.8 Å². The fraction of sp³-hybridized carbons (Fsp3) is 0.217. The van der Waals surface area contributed by atoms with Crippen molar-refractivity contribution in [3.05, 3.63) is 82.9 Å². The van der Waals surface area contributed by atoms with E-state index in [0.717, 1.165) is 0 Å². The highest BCUT2D eigenvalue weighted by atomic mass is 15.1. The highest BCUT2D eigenvalue weighted by molar-refractivity contribution is 5.89. The third kappa shape index (κ3) is 1.60. The van der Waals surface area contributed by atoms with Crippen LogP contribution in [-0.2, 0) is 0 Å². The first-order valence-electron chi connectivity index (χ1n) is 8.77. The Morgan fingerprint density at radius 3 is 2.21 bits per heavy atom. The van der Waals surface area contributed by atoms with Gasteiger partial charge < -0.3 is 4.90 Å². The Kier molecular flexibility index (Phi) is 2.73. The van der Waals surface area contributed by atoms with Gasteiger partial charge >= 0.3 is 0 Å². The van der Waals surface area contributed by atoms with Crippen LogP contribution in [0.2, 0.25) is 0 Å². The first-order chi connectivity index (χ1) is 11.7. The molecule has 2 aliphatic rings. The summed E-state index contributed by atoms with van der Waals surface area (Å²) in [6.07, 6.45) is 0. The molecule has 2 atom stereocenters. The normalized spacial score (nSPS) is 20.2. The third-order valence-corrected chi connectivity index (χ3v) is 5.98. The Labute approximate surface area is 143 Å². The van der Waals surface area contributed by atoms with Crippen LogP contribution in [0, 0.1) is 0 Å². The van der Waals surface area contributed by atoms with Crippen LogP contribution in [-0.4, -0.2) is 7.05 Å². The number of benzene rings is 3. The van der Waals surface area contributed by atoms with E-state index in [1.54, 1.807) is 0 Å². The quantitative estimate of drug-likeness (QED) is 0.488. The molecule has 0 radical (unpaired) electrons. The highest BCUT2D eigenvalue weighted by Crippen LogP contribution is 2.54. The molecule has 0 spiro atoms. The summed E-state index contributed by atoms with van der Waals surface area (Å²) in [5.41, 5.74) is 11.5. The van der Waals surface area contributed by atoms with E-state index in [1.807, 2.05) is 0 Å². The standard InChI is InChI=1S/C23H21N/c1-14-16-8-4-5-10-19(16)23-18(14)12-13-21-22(23)15(2)17-9-6-7-11-20(17)24(21)3/h4-15H,1-3H3. The van der Waals surface area contributed by atoms with Gasteiger partial charge in [0.2, 0.25) is 0 Å². The van der Waals surface area contributed by atoms with E-state index < -0.39 is 0 Å². The van der Waals surface area contributed by atoms with E-state index in [2.05, 4.69) is 86.5 Å². The van der Waals surface area contributed by atoms with Gasteiger partial charge in [-0.05, 0) is 45.5 Å². The van der Waals surface area contributed by atoms with Gasteiger partial charge in [-0.2, -0.15) is 0 Å². The minimum Gasteiger partial charge on any atom is -0.344 e.